The number of amides is 1. The van der Waals surface area contributed by atoms with Crippen LogP contribution in [0.25, 0.3) is 0 Å². The van der Waals surface area contributed by atoms with E-state index < -0.39 is 0 Å². The number of nitrogens with zero attached hydrogens (tertiary/aromatic N) is 4. The molecule has 26 heavy (non-hydrogen) atoms. The maximum Gasteiger partial charge on any atom is 0.253 e. The Bertz CT molecular complexity index is 596. The summed E-state index contributed by atoms with van der Waals surface area (Å²) >= 11 is 0. The summed E-state index contributed by atoms with van der Waals surface area (Å²) in [7, 11) is 0. The maximum absolute atomic E-state index is 12.7. The van der Waals surface area contributed by atoms with Gasteiger partial charge in [0.25, 0.3) is 5.91 Å². The van der Waals surface area contributed by atoms with E-state index in [4.69, 9.17) is 14.0 Å². The van der Waals surface area contributed by atoms with Gasteiger partial charge in [-0.1, -0.05) is 5.16 Å². The molecule has 8 heteroatoms. The molecule has 1 aromatic rings. The van der Waals surface area contributed by atoms with E-state index in [0.29, 0.717) is 31.4 Å². The van der Waals surface area contributed by atoms with Crippen molar-refractivity contribution < 1.29 is 18.8 Å². The Labute approximate surface area is 153 Å². The number of rotatable bonds is 4. The topological polar surface area (TPSA) is 80.9 Å². The fraction of sp³-hybridized carbons (Fsp3) is 0.833. The van der Waals surface area contributed by atoms with Crippen molar-refractivity contribution in [1.82, 2.24) is 19.9 Å². The number of piperidine rings is 1. The van der Waals surface area contributed by atoms with Gasteiger partial charge in [-0.25, -0.2) is 0 Å². The molecule has 1 amide bonds. The molecule has 0 bridgehead atoms. The highest BCUT2D eigenvalue weighted by atomic mass is 16.5. The van der Waals surface area contributed by atoms with Crippen molar-refractivity contribution in [2.45, 2.75) is 50.7 Å². The van der Waals surface area contributed by atoms with Crippen LogP contribution in [0, 0.1) is 0 Å². The lowest BCUT2D eigenvalue weighted by molar-refractivity contribution is -0.150. The SMILES string of the molecule is O=C(C1CN(Cc2noc(C3CCOCC3)n2)CCO1)N1CCCCC1. The van der Waals surface area contributed by atoms with Gasteiger partial charge in [0.15, 0.2) is 5.82 Å². The first-order valence-corrected chi connectivity index (χ1v) is 9.82. The standard InChI is InChI=1S/C18H28N4O4/c23-18(22-6-2-1-3-7-22)15-12-21(8-11-25-15)13-16-19-17(26-20-16)14-4-9-24-10-5-14/h14-15H,1-13H2. The highest BCUT2D eigenvalue weighted by Gasteiger charge is 2.31. The van der Waals surface area contributed by atoms with Gasteiger partial charge < -0.3 is 18.9 Å². The second-order valence-electron chi connectivity index (χ2n) is 7.42. The largest absolute Gasteiger partial charge is 0.381 e. The zero-order chi connectivity index (χ0) is 17.8. The highest BCUT2D eigenvalue weighted by molar-refractivity contribution is 5.81. The third-order valence-corrected chi connectivity index (χ3v) is 5.51. The van der Waals surface area contributed by atoms with Crippen LogP contribution in [-0.4, -0.2) is 78.0 Å². The van der Waals surface area contributed by atoms with Gasteiger partial charge in [0.05, 0.1) is 13.2 Å². The number of aromatic nitrogens is 2. The molecule has 144 valence electrons. The Balaban J connectivity index is 1.32. The van der Waals surface area contributed by atoms with E-state index in [0.717, 1.165) is 64.4 Å². The van der Waals surface area contributed by atoms with Gasteiger partial charge >= 0.3 is 0 Å². The minimum absolute atomic E-state index is 0.130. The molecule has 0 aromatic carbocycles. The number of carbonyl (C=O) groups excluding carboxylic acids is 1. The number of ether oxygens (including phenoxy) is 2. The van der Waals surface area contributed by atoms with Gasteiger partial charge in [0, 0.05) is 45.3 Å². The average molecular weight is 364 g/mol. The lowest BCUT2D eigenvalue weighted by Gasteiger charge is -2.35. The second kappa shape index (κ2) is 8.45. The fourth-order valence-electron chi connectivity index (χ4n) is 3.96. The van der Waals surface area contributed by atoms with Crippen LogP contribution in [0.3, 0.4) is 0 Å². The van der Waals surface area contributed by atoms with Crippen molar-refractivity contribution in [2.24, 2.45) is 0 Å². The molecular weight excluding hydrogens is 336 g/mol. The summed E-state index contributed by atoms with van der Waals surface area (Å²) < 4.78 is 16.6. The van der Waals surface area contributed by atoms with Gasteiger partial charge in [0.1, 0.15) is 6.10 Å². The molecule has 3 fully saturated rings. The zero-order valence-electron chi connectivity index (χ0n) is 15.3. The van der Waals surface area contributed by atoms with E-state index in [9.17, 15) is 4.79 Å². The van der Waals surface area contributed by atoms with Crippen LogP contribution >= 0.6 is 0 Å². The number of morpholine rings is 1. The minimum Gasteiger partial charge on any atom is -0.381 e. The number of carbonyl (C=O) groups is 1. The number of likely N-dealkylation sites (tertiary alicyclic amines) is 1. The molecule has 3 aliphatic heterocycles. The molecule has 0 N–H and O–H groups in total. The predicted octanol–water partition coefficient (Wildman–Crippen LogP) is 1.18. The average Bonchev–Trinajstić information content (AvgIpc) is 3.17. The summed E-state index contributed by atoms with van der Waals surface area (Å²) in [4.78, 5) is 21.4. The highest BCUT2D eigenvalue weighted by Crippen LogP contribution is 2.25. The molecule has 1 aromatic heterocycles. The first-order chi connectivity index (χ1) is 12.8. The molecule has 0 spiro atoms. The second-order valence-corrected chi connectivity index (χ2v) is 7.42. The molecule has 3 aliphatic rings. The Morgan fingerprint density at radius 3 is 2.69 bits per heavy atom. The quantitative estimate of drug-likeness (QED) is 0.793. The van der Waals surface area contributed by atoms with Crippen LogP contribution < -0.4 is 0 Å². The Hall–Kier alpha value is -1.51. The van der Waals surface area contributed by atoms with E-state index in [2.05, 4.69) is 15.0 Å². The van der Waals surface area contributed by atoms with E-state index in [1.54, 1.807) is 0 Å². The summed E-state index contributed by atoms with van der Waals surface area (Å²) in [6.45, 7) is 5.77. The van der Waals surface area contributed by atoms with Crippen molar-refractivity contribution in [1.29, 1.82) is 0 Å². The van der Waals surface area contributed by atoms with Gasteiger partial charge in [-0.05, 0) is 32.1 Å². The Morgan fingerprint density at radius 1 is 1.08 bits per heavy atom. The van der Waals surface area contributed by atoms with Crippen molar-refractivity contribution in [3.8, 4) is 0 Å². The molecule has 1 unspecified atom stereocenters. The molecule has 4 heterocycles. The number of hydrogen-bond donors (Lipinski definition) is 0. The molecule has 8 nitrogen and oxygen atoms in total. The van der Waals surface area contributed by atoms with E-state index in [1.165, 1.54) is 6.42 Å². The van der Waals surface area contributed by atoms with Gasteiger partial charge in [0.2, 0.25) is 5.89 Å². The van der Waals surface area contributed by atoms with E-state index in [-0.39, 0.29) is 12.0 Å². The van der Waals surface area contributed by atoms with Gasteiger partial charge in [-0.3, -0.25) is 9.69 Å². The Morgan fingerprint density at radius 2 is 1.88 bits per heavy atom. The number of hydrogen-bond acceptors (Lipinski definition) is 7. The van der Waals surface area contributed by atoms with Crippen LogP contribution in [0.1, 0.15) is 49.7 Å². The molecule has 0 aliphatic carbocycles. The monoisotopic (exact) mass is 364 g/mol. The third-order valence-electron chi connectivity index (χ3n) is 5.51. The van der Waals surface area contributed by atoms with Crippen LogP contribution in [0.5, 0.6) is 0 Å². The molecule has 0 saturated carbocycles. The summed E-state index contributed by atoms with van der Waals surface area (Å²) in [5, 5.41) is 4.14. The normalized spacial score (nSPS) is 26.2. The fourth-order valence-corrected chi connectivity index (χ4v) is 3.96. The molecular formula is C18H28N4O4. The zero-order valence-corrected chi connectivity index (χ0v) is 15.3. The maximum atomic E-state index is 12.7. The van der Waals surface area contributed by atoms with Crippen LogP contribution in [0.15, 0.2) is 4.52 Å². The van der Waals surface area contributed by atoms with Gasteiger partial charge in [-0.15, -0.1) is 0 Å². The molecule has 4 rings (SSSR count). The van der Waals surface area contributed by atoms with E-state index >= 15 is 0 Å². The van der Waals surface area contributed by atoms with Crippen LogP contribution in [0.4, 0.5) is 0 Å². The van der Waals surface area contributed by atoms with Crippen LogP contribution in [-0.2, 0) is 20.8 Å². The van der Waals surface area contributed by atoms with E-state index in [1.807, 2.05) is 4.90 Å². The molecule has 1 atom stereocenters. The van der Waals surface area contributed by atoms with Crippen molar-refractivity contribution in [3.63, 3.8) is 0 Å². The van der Waals surface area contributed by atoms with Crippen LogP contribution in [0.2, 0.25) is 0 Å². The summed E-state index contributed by atoms with van der Waals surface area (Å²) in [5.41, 5.74) is 0. The third kappa shape index (κ3) is 4.24. The summed E-state index contributed by atoms with van der Waals surface area (Å²) in [6, 6.07) is 0. The van der Waals surface area contributed by atoms with Crippen molar-refractivity contribution in [3.05, 3.63) is 11.7 Å². The lowest BCUT2D eigenvalue weighted by atomic mass is 10.0. The summed E-state index contributed by atoms with van der Waals surface area (Å²) in [6.07, 6.45) is 4.91. The lowest BCUT2D eigenvalue weighted by Crippen LogP contribution is -2.51. The first kappa shape index (κ1) is 17.9. The minimum atomic E-state index is -0.372. The molecule has 0 radical (unpaired) electrons. The Kier molecular flexibility index (Phi) is 5.81. The molecule has 3 saturated heterocycles. The summed E-state index contributed by atoms with van der Waals surface area (Å²) in [5.74, 6) is 1.85. The smallest absolute Gasteiger partial charge is 0.253 e. The first-order valence-electron chi connectivity index (χ1n) is 9.82. The van der Waals surface area contributed by atoms with Gasteiger partial charge in [-0.2, -0.15) is 4.98 Å². The predicted molar refractivity (Wildman–Crippen MR) is 92.5 cm³/mol. The van der Waals surface area contributed by atoms with Crippen molar-refractivity contribution in [2.75, 3.05) is 46.0 Å². The van der Waals surface area contributed by atoms with Crippen molar-refractivity contribution >= 4 is 5.91 Å².